The molecule has 4 aromatic carbocycles. The van der Waals surface area contributed by atoms with Crippen LogP contribution in [0.25, 0.3) is 0 Å². The van der Waals surface area contributed by atoms with Gasteiger partial charge in [-0.05, 0) is 114 Å². The van der Waals surface area contributed by atoms with Crippen molar-refractivity contribution in [3.05, 3.63) is 129 Å². The summed E-state index contributed by atoms with van der Waals surface area (Å²) in [6.45, 7) is 16.9. The molecule has 10 nitrogen and oxygen atoms in total. The highest BCUT2D eigenvalue weighted by Gasteiger charge is 2.46. The lowest BCUT2D eigenvalue weighted by molar-refractivity contribution is 0.000644. The number of phenolic OH excluding ortho intramolecular Hbond substituents is 1. The number of fused-ring (bicyclic) bond motifs is 8. The molecule has 310 valence electrons. The van der Waals surface area contributed by atoms with Gasteiger partial charge in [-0.25, -0.2) is 0 Å². The topological polar surface area (TPSA) is 122 Å². The summed E-state index contributed by atoms with van der Waals surface area (Å²) in [4.78, 5) is 13.4. The van der Waals surface area contributed by atoms with Crippen molar-refractivity contribution in [2.24, 2.45) is 0 Å². The van der Waals surface area contributed by atoms with Crippen LogP contribution in [-0.2, 0) is 12.8 Å². The van der Waals surface area contributed by atoms with E-state index >= 15 is 0 Å². The lowest BCUT2D eigenvalue weighted by atomic mass is 9.79. The standard InChI is InChI=1S/C26H30O5.C23H24O5/c1-6-11-29-20-10-9-18-25(27)24-19-13-21(28-5)16(4)12-22(19)30-14-23(24)31-26(18)17(20)8-7-15(2)3;1-12(2)5-6-14-17(24)8-7-15-22(25)21-16-10-18(26-4)13(3)9-19(16)27-11-20(21)28-23(14)15/h6-7,9-10,12-13,23-25,27H,1,8,11,14H2,2-5H3;5,7-10,20-21,24H,6,11H2,1-4H3/t23-,24+,25?;20-,21+/m11/s1. The number of phenols is 1. The van der Waals surface area contributed by atoms with E-state index in [1.54, 1.807) is 32.4 Å². The number of carbonyl (C=O) groups is 1. The summed E-state index contributed by atoms with van der Waals surface area (Å²) < 4.78 is 41.5. The first-order valence-corrected chi connectivity index (χ1v) is 20.0. The number of aliphatic hydroxyl groups is 1. The van der Waals surface area contributed by atoms with Crippen LogP contribution in [0, 0.1) is 13.8 Å². The molecule has 0 bridgehead atoms. The van der Waals surface area contributed by atoms with Crippen molar-refractivity contribution < 1.29 is 48.2 Å². The van der Waals surface area contributed by atoms with Gasteiger partial charge >= 0.3 is 0 Å². The van der Waals surface area contributed by atoms with E-state index in [1.165, 1.54) is 5.57 Å². The smallest absolute Gasteiger partial charge is 0.178 e. The first kappa shape index (κ1) is 41.3. The van der Waals surface area contributed by atoms with Gasteiger partial charge in [-0.1, -0.05) is 36.0 Å². The maximum absolute atomic E-state index is 13.4. The molecule has 0 aromatic heterocycles. The van der Waals surface area contributed by atoms with Gasteiger partial charge in [-0.2, -0.15) is 0 Å². The normalized spacial score (nSPS) is 20.2. The number of benzene rings is 4. The van der Waals surface area contributed by atoms with E-state index in [2.05, 4.69) is 26.5 Å². The van der Waals surface area contributed by atoms with Gasteiger partial charge in [0.05, 0.1) is 37.7 Å². The first-order chi connectivity index (χ1) is 28.3. The van der Waals surface area contributed by atoms with Crippen LogP contribution in [0.2, 0.25) is 0 Å². The first-order valence-electron chi connectivity index (χ1n) is 20.0. The molecule has 5 atom stereocenters. The highest BCUT2D eigenvalue weighted by molar-refractivity contribution is 6.05. The van der Waals surface area contributed by atoms with E-state index in [1.807, 2.05) is 70.2 Å². The van der Waals surface area contributed by atoms with Crippen molar-refractivity contribution in [2.75, 3.05) is 34.0 Å². The molecule has 0 saturated carbocycles. The van der Waals surface area contributed by atoms with E-state index in [4.69, 9.17) is 33.2 Å². The Balaban J connectivity index is 0.000000180. The number of aliphatic hydroxyl groups excluding tert-OH is 1. The minimum atomic E-state index is -0.720. The molecule has 10 heteroatoms. The number of rotatable bonds is 9. The van der Waals surface area contributed by atoms with Gasteiger partial charge in [-0.3, -0.25) is 4.79 Å². The predicted octanol–water partition coefficient (Wildman–Crippen LogP) is 9.39. The van der Waals surface area contributed by atoms with Crippen LogP contribution in [0.5, 0.6) is 46.0 Å². The van der Waals surface area contributed by atoms with E-state index in [0.29, 0.717) is 54.4 Å². The highest BCUT2D eigenvalue weighted by atomic mass is 16.5. The Bertz CT molecular complexity index is 2330. The molecular weight excluding hydrogens is 749 g/mol. The SMILES string of the molecule is C=CCOc1ccc2c(c1CC=C(C)C)O[C@@H]1COc3cc(C)c(OC)cc3[C@@H]1C2O.COc1cc2c(cc1C)OC[C@H]1Oc3c(ccc(O)c3CC=C(C)C)C(=O)[C@@H]21. The summed E-state index contributed by atoms with van der Waals surface area (Å²) in [6, 6.07) is 14.8. The summed E-state index contributed by atoms with van der Waals surface area (Å²) in [5.74, 6) is 4.32. The summed E-state index contributed by atoms with van der Waals surface area (Å²) in [5.41, 5.74) is 8.84. The Morgan fingerprint density at radius 3 is 1.98 bits per heavy atom. The molecule has 59 heavy (non-hydrogen) atoms. The van der Waals surface area contributed by atoms with Crippen LogP contribution in [0.4, 0.5) is 0 Å². The molecule has 4 heterocycles. The van der Waals surface area contributed by atoms with Crippen LogP contribution >= 0.6 is 0 Å². The molecule has 0 amide bonds. The number of methoxy groups -OCH3 is 2. The van der Waals surface area contributed by atoms with E-state index < -0.39 is 18.1 Å². The molecule has 8 rings (SSSR count). The molecule has 0 saturated heterocycles. The van der Waals surface area contributed by atoms with Gasteiger partial charge in [-0.15, -0.1) is 0 Å². The van der Waals surface area contributed by atoms with Crippen LogP contribution in [-0.4, -0.2) is 62.2 Å². The van der Waals surface area contributed by atoms with Gasteiger partial charge in [0.2, 0.25) is 0 Å². The third-order valence-electron chi connectivity index (χ3n) is 11.3. The van der Waals surface area contributed by atoms with Crippen molar-refractivity contribution in [1.29, 1.82) is 0 Å². The zero-order valence-corrected chi connectivity index (χ0v) is 35.1. The zero-order chi connectivity index (χ0) is 42.1. The van der Waals surface area contributed by atoms with E-state index in [-0.39, 0.29) is 30.2 Å². The third kappa shape index (κ3) is 7.98. The van der Waals surface area contributed by atoms with E-state index in [0.717, 1.165) is 62.0 Å². The zero-order valence-electron chi connectivity index (χ0n) is 35.1. The average molecular weight is 803 g/mol. The molecular formula is C49H54O10. The fraction of sp³-hybridized carbons (Fsp3) is 0.367. The molecule has 4 aromatic rings. The van der Waals surface area contributed by atoms with Crippen molar-refractivity contribution in [1.82, 2.24) is 0 Å². The van der Waals surface area contributed by atoms with Gasteiger partial charge in [0, 0.05) is 27.8 Å². The van der Waals surface area contributed by atoms with Gasteiger partial charge < -0.3 is 43.4 Å². The van der Waals surface area contributed by atoms with Crippen LogP contribution in [0.3, 0.4) is 0 Å². The maximum Gasteiger partial charge on any atom is 0.178 e. The molecule has 1 unspecified atom stereocenters. The lowest BCUT2D eigenvalue weighted by Gasteiger charge is -2.42. The Hall–Kier alpha value is -5.87. The average Bonchev–Trinajstić information content (AvgIpc) is 3.21. The van der Waals surface area contributed by atoms with Crippen LogP contribution in [0.15, 0.2) is 84.5 Å². The summed E-state index contributed by atoms with van der Waals surface area (Å²) in [6.07, 6.45) is 5.57. The minimum absolute atomic E-state index is 0.0137. The second-order valence-electron chi connectivity index (χ2n) is 15.9. The van der Waals surface area contributed by atoms with Crippen LogP contribution in [0.1, 0.15) is 94.9 Å². The minimum Gasteiger partial charge on any atom is -0.508 e. The number of ether oxygens (including phenoxy) is 7. The number of ketones is 1. The van der Waals surface area contributed by atoms with Gasteiger partial charge in [0.1, 0.15) is 78.0 Å². The second kappa shape index (κ2) is 17.2. The van der Waals surface area contributed by atoms with Gasteiger partial charge in [0.15, 0.2) is 5.78 Å². The van der Waals surface area contributed by atoms with Crippen molar-refractivity contribution >= 4 is 5.78 Å². The predicted molar refractivity (Wildman–Crippen MR) is 227 cm³/mol. The lowest BCUT2D eigenvalue weighted by Crippen LogP contribution is -2.43. The number of hydrogen-bond acceptors (Lipinski definition) is 10. The maximum atomic E-state index is 13.4. The Morgan fingerprint density at radius 1 is 0.763 bits per heavy atom. The number of aryl methyl sites for hydroxylation is 2. The molecule has 0 fully saturated rings. The Morgan fingerprint density at radius 2 is 1.36 bits per heavy atom. The molecule has 4 aliphatic rings. The second-order valence-corrected chi connectivity index (χ2v) is 15.9. The number of carbonyl (C=O) groups excluding carboxylic acids is 1. The molecule has 0 radical (unpaired) electrons. The fourth-order valence-electron chi connectivity index (χ4n) is 8.28. The van der Waals surface area contributed by atoms with Crippen molar-refractivity contribution in [3.8, 4) is 46.0 Å². The summed E-state index contributed by atoms with van der Waals surface area (Å²) in [7, 11) is 3.27. The fourth-order valence-corrected chi connectivity index (χ4v) is 8.28. The third-order valence-corrected chi connectivity index (χ3v) is 11.3. The highest BCUT2D eigenvalue weighted by Crippen LogP contribution is 2.52. The molecule has 0 aliphatic carbocycles. The van der Waals surface area contributed by atoms with Crippen molar-refractivity contribution in [3.63, 3.8) is 0 Å². The molecule has 0 spiro atoms. The van der Waals surface area contributed by atoms with E-state index in [9.17, 15) is 15.0 Å². The quantitative estimate of drug-likeness (QED) is 0.158. The number of hydrogen-bond donors (Lipinski definition) is 2. The number of Topliss-reactive ketones (excluding diaryl/α,β-unsaturated/α-hetero) is 1. The number of aromatic hydroxyl groups is 1. The molecule has 2 N–H and O–H groups in total. The molecule has 4 aliphatic heterocycles. The monoisotopic (exact) mass is 802 g/mol. The van der Waals surface area contributed by atoms with Gasteiger partial charge in [0.25, 0.3) is 0 Å². The summed E-state index contributed by atoms with van der Waals surface area (Å²) in [5, 5.41) is 21.8. The van der Waals surface area contributed by atoms with Crippen molar-refractivity contribution in [2.45, 2.75) is 84.5 Å². The largest absolute Gasteiger partial charge is 0.508 e. The summed E-state index contributed by atoms with van der Waals surface area (Å²) >= 11 is 0. The van der Waals surface area contributed by atoms with Crippen LogP contribution < -0.4 is 33.2 Å². The number of allylic oxidation sites excluding steroid dienone is 4. The Labute approximate surface area is 346 Å². The Kier molecular flexibility index (Phi) is 12.0.